The number of imidazole rings is 1. The smallest absolute Gasteiger partial charge is 0.220 e. The van der Waals surface area contributed by atoms with Crippen molar-refractivity contribution in [3.8, 4) is 0 Å². The van der Waals surface area contributed by atoms with Crippen LogP contribution in [0, 0.1) is 13.8 Å². The van der Waals surface area contributed by atoms with Crippen molar-refractivity contribution in [1.29, 1.82) is 0 Å². The van der Waals surface area contributed by atoms with Crippen LogP contribution in [0.4, 0.5) is 0 Å². The summed E-state index contributed by atoms with van der Waals surface area (Å²) >= 11 is 3.29. The first kappa shape index (κ1) is 17.8. The zero-order chi connectivity index (χ0) is 17.6. The van der Waals surface area contributed by atoms with E-state index in [1.807, 2.05) is 25.4 Å². The van der Waals surface area contributed by atoms with Crippen molar-refractivity contribution in [2.75, 3.05) is 0 Å². The van der Waals surface area contributed by atoms with Gasteiger partial charge in [-0.3, -0.25) is 4.79 Å². The minimum atomic E-state index is -0.0595. The molecule has 1 amide bonds. The molecule has 0 bridgehead atoms. The van der Waals surface area contributed by atoms with Gasteiger partial charge in [0.25, 0.3) is 0 Å². The van der Waals surface area contributed by atoms with E-state index in [1.54, 1.807) is 28.9 Å². The van der Waals surface area contributed by atoms with Crippen molar-refractivity contribution in [2.45, 2.75) is 45.7 Å². The molecule has 25 heavy (non-hydrogen) atoms. The highest BCUT2D eigenvalue weighted by Gasteiger charge is 2.18. The minimum absolute atomic E-state index is 0.0595. The molecule has 0 saturated heterocycles. The first-order valence-corrected chi connectivity index (χ1v) is 10.1. The lowest BCUT2D eigenvalue weighted by Crippen LogP contribution is -2.29. The summed E-state index contributed by atoms with van der Waals surface area (Å²) in [6, 6.07) is 2.04. The Kier molecular flexibility index (Phi) is 5.99. The highest BCUT2D eigenvalue weighted by molar-refractivity contribution is 7.09. The zero-order valence-corrected chi connectivity index (χ0v) is 16.1. The summed E-state index contributed by atoms with van der Waals surface area (Å²) < 4.78 is 2.07. The molecule has 0 saturated carbocycles. The SMILES string of the molecule is Cc1csc(C(Cc2ccsc2)NC(=O)CCCn2ccnc2C)n1. The molecule has 0 spiro atoms. The summed E-state index contributed by atoms with van der Waals surface area (Å²) in [5, 5.41) is 10.4. The number of thiophene rings is 1. The molecule has 0 aliphatic rings. The predicted molar refractivity (Wildman–Crippen MR) is 102 cm³/mol. The first-order chi connectivity index (χ1) is 12.1. The lowest BCUT2D eigenvalue weighted by molar-refractivity contribution is -0.122. The quantitative estimate of drug-likeness (QED) is 0.650. The van der Waals surface area contributed by atoms with Gasteiger partial charge < -0.3 is 9.88 Å². The van der Waals surface area contributed by atoms with Crippen LogP contribution in [0.25, 0.3) is 0 Å². The molecule has 3 heterocycles. The lowest BCUT2D eigenvalue weighted by Gasteiger charge is -2.16. The molecule has 1 atom stereocenters. The number of thiazole rings is 1. The van der Waals surface area contributed by atoms with Gasteiger partial charge in [-0.15, -0.1) is 11.3 Å². The summed E-state index contributed by atoms with van der Waals surface area (Å²) in [5.74, 6) is 1.06. The van der Waals surface area contributed by atoms with Crippen molar-refractivity contribution in [3.63, 3.8) is 0 Å². The Bertz CT molecular complexity index is 807. The summed E-state index contributed by atoms with van der Waals surface area (Å²) in [6.07, 6.45) is 5.82. The fraction of sp³-hybridized carbons (Fsp3) is 0.389. The maximum absolute atomic E-state index is 12.4. The molecule has 1 unspecified atom stereocenters. The van der Waals surface area contributed by atoms with Crippen LogP contribution in [-0.2, 0) is 17.8 Å². The van der Waals surface area contributed by atoms with Gasteiger partial charge in [-0.25, -0.2) is 9.97 Å². The van der Waals surface area contributed by atoms with Crippen LogP contribution in [-0.4, -0.2) is 20.4 Å². The summed E-state index contributed by atoms with van der Waals surface area (Å²) in [5.41, 5.74) is 2.23. The van der Waals surface area contributed by atoms with Crippen LogP contribution in [0.5, 0.6) is 0 Å². The van der Waals surface area contributed by atoms with Crippen molar-refractivity contribution in [3.05, 3.63) is 56.7 Å². The average Bonchev–Trinajstić information content (AvgIpc) is 3.31. The number of nitrogens with zero attached hydrogens (tertiary/aromatic N) is 3. The van der Waals surface area contributed by atoms with E-state index < -0.39 is 0 Å². The van der Waals surface area contributed by atoms with Crippen molar-refractivity contribution < 1.29 is 4.79 Å². The van der Waals surface area contributed by atoms with Crippen molar-refractivity contribution in [1.82, 2.24) is 19.9 Å². The maximum Gasteiger partial charge on any atom is 0.220 e. The van der Waals surface area contributed by atoms with Gasteiger partial charge in [-0.05, 0) is 42.7 Å². The van der Waals surface area contributed by atoms with Gasteiger partial charge in [0.15, 0.2) is 0 Å². The van der Waals surface area contributed by atoms with Crippen LogP contribution >= 0.6 is 22.7 Å². The summed E-state index contributed by atoms with van der Waals surface area (Å²) in [7, 11) is 0. The number of carbonyl (C=O) groups excluding carboxylic acids is 1. The Morgan fingerprint density at radius 2 is 2.24 bits per heavy atom. The van der Waals surface area contributed by atoms with Crippen LogP contribution < -0.4 is 5.32 Å². The van der Waals surface area contributed by atoms with Gasteiger partial charge >= 0.3 is 0 Å². The van der Waals surface area contributed by atoms with Crippen molar-refractivity contribution >= 4 is 28.6 Å². The summed E-state index contributed by atoms with van der Waals surface area (Å²) in [6.45, 7) is 4.77. The Balaban J connectivity index is 1.57. The monoisotopic (exact) mass is 374 g/mol. The molecule has 1 N–H and O–H groups in total. The van der Waals surface area contributed by atoms with E-state index >= 15 is 0 Å². The number of aromatic nitrogens is 3. The average molecular weight is 375 g/mol. The highest BCUT2D eigenvalue weighted by atomic mass is 32.1. The molecule has 7 heteroatoms. The van der Waals surface area contributed by atoms with E-state index in [-0.39, 0.29) is 11.9 Å². The maximum atomic E-state index is 12.4. The third kappa shape index (κ3) is 4.99. The van der Waals surface area contributed by atoms with Gasteiger partial charge in [0.2, 0.25) is 5.91 Å². The fourth-order valence-electron chi connectivity index (χ4n) is 2.69. The van der Waals surface area contributed by atoms with E-state index in [0.717, 1.165) is 35.9 Å². The standard InChI is InChI=1S/C18H22N4OS2/c1-13-11-25-18(20-13)16(10-15-5-9-24-12-15)21-17(23)4-3-7-22-8-6-19-14(22)2/h5-6,8-9,11-12,16H,3-4,7,10H2,1-2H3,(H,21,23). The van der Waals surface area contributed by atoms with Crippen LogP contribution in [0.2, 0.25) is 0 Å². The molecule has 0 radical (unpaired) electrons. The Hall–Kier alpha value is -1.99. The van der Waals surface area contributed by atoms with E-state index in [0.29, 0.717) is 6.42 Å². The molecule has 0 aliphatic carbocycles. The molecular formula is C18H22N4OS2. The molecular weight excluding hydrogens is 352 g/mol. The highest BCUT2D eigenvalue weighted by Crippen LogP contribution is 2.23. The van der Waals surface area contributed by atoms with Gasteiger partial charge in [-0.1, -0.05) is 0 Å². The second-order valence-electron chi connectivity index (χ2n) is 6.05. The van der Waals surface area contributed by atoms with E-state index in [1.165, 1.54) is 5.56 Å². The number of hydrogen-bond acceptors (Lipinski definition) is 5. The Morgan fingerprint density at radius 3 is 2.88 bits per heavy atom. The molecule has 132 valence electrons. The molecule has 0 aromatic carbocycles. The number of carbonyl (C=O) groups is 1. The molecule has 5 nitrogen and oxygen atoms in total. The number of rotatable bonds is 8. The largest absolute Gasteiger partial charge is 0.347 e. The van der Waals surface area contributed by atoms with E-state index in [4.69, 9.17) is 0 Å². The third-order valence-electron chi connectivity index (χ3n) is 4.02. The summed E-state index contributed by atoms with van der Waals surface area (Å²) in [4.78, 5) is 21.2. The van der Waals surface area contributed by atoms with Gasteiger partial charge in [0, 0.05) is 42.9 Å². The van der Waals surface area contributed by atoms with Gasteiger partial charge in [0.1, 0.15) is 10.8 Å². The topological polar surface area (TPSA) is 59.8 Å². The zero-order valence-electron chi connectivity index (χ0n) is 14.4. The molecule has 3 aromatic heterocycles. The lowest BCUT2D eigenvalue weighted by atomic mass is 10.1. The Morgan fingerprint density at radius 1 is 1.36 bits per heavy atom. The number of amides is 1. The number of aryl methyl sites for hydroxylation is 3. The second kappa shape index (κ2) is 8.40. The molecule has 3 rings (SSSR count). The van der Waals surface area contributed by atoms with Crippen molar-refractivity contribution in [2.24, 2.45) is 0 Å². The van der Waals surface area contributed by atoms with Crippen LogP contribution in [0.3, 0.4) is 0 Å². The molecule has 0 fully saturated rings. The normalized spacial score (nSPS) is 12.2. The van der Waals surface area contributed by atoms with Gasteiger partial charge in [-0.2, -0.15) is 11.3 Å². The third-order valence-corrected chi connectivity index (χ3v) is 5.82. The molecule has 3 aromatic rings. The number of nitrogens with one attached hydrogen (secondary N) is 1. The predicted octanol–water partition coefficient (Wildman–Crippen LogP) is 3.90. The van der Waals surface area contributed by atoms with E-state index in [9.17, 15) is 4.79 Å². The van der Waals surface area contributed by atoms with E-state index in [2.05, 4.69) is 36.7 Å². The Labute approximate surface area is 155 Å². The first-order valence-electron chi connectivity index (χ1n) is 8.32. The fourth-order valence-corrected chi connectivity index (χ4v) is 4.22. The number of hydrogen-bond donors (Lipinski definition) is 1. The van der Waals surface area contributed by atoms with Gasteiger partial charge in [0.05, 0.1) is 6.04 Å². The second-order valence-corrected chi connectivity index (χ2v) is 7.72. The molecule has 0 aliphatic heterocycles. The van der Waals surface area contributed by atoms with Crippen LogP contribution in [0.1, 0.15) is 41.0 Å². The van der Waals surface area contributed by atoms with Crippen LogP contribution in [0.15, 0.2) is 34.6 Å². The minimum Gasteiger partial charge on any atom is -0.347 e.